The standard InChI is InChI=1S/C12H11BrCl2N2S/c1-6-11(18-7(2)17-6)5-16-12-9(14)3-8(13)4-10(12)15/h3-4,16H,5H2,1-2H3. The molecular formula is C12H11BrCl2N2S. The van der Waals surface area contributed by atoms with Crippen molar-refractivity contribution in [3.8, 4) is 0 Å². The fourth-order valence-corrected chi connectivity index (χ4v) is 3.84. The zero-order valence-electron chi connectivity index (χ0n) is 9.85. The molecule has 0 spiro atoms. The van der Waals surface area contributed by atoms with Gasteiger partial charge in [-0.15, -0.1) is 11.3 Å². The van der Waals surface area contributed by atoms with E-state index in [4.69, 9.17) is 23.2 Å². The normalized spacial score (nSPS) is 10.7. The molecule has 0 fully saturated rings. The average Bonchev–Trinajstić information content (AvgIpc) is 2.55. The average molecular weight is 366 g/mol. The molecule has 2 aromatic rings. The molecule has 96 valence electrons. The minimum Gasteiger partial charge on any atom is -0.378 e. The molecule has 0 aliphatic rings. The van der Waals surface area contributed by atoms with Crippen LogP contribution in [0, 0.1) is 13.8 Å². The maximum absolute atomic E-state index is 6.16. The summed E-state index contributed by atoms with van der Waals surface area (Å²) in [6.07, 6.45) is 0. The van der Waals surface area contributed by atoms with Crippen LogP contribution < -0.4 is 5.32 Å². The summed E-state index contributed by atoms with van der Waals surface area (Å²) in [5.41, 5.74) is 1.81. The Morgan fingerprint density at radius 2 is 1.89 bits per heavy atom. The second-order valence-corrected chi connectivity index (χ2v) is 6.86. The van der Waals surface area contributed by atoms with Gasteiger partial charge >= 0.3 is 0 Å². The third-order valence-electron chi connectivity index (χ3n) is 2.43. The Morgan fingerprint density at radius 3 is 2.39 bits per heavy atom. The summed E-state index contributed by atoms with van der Waals surface area (Å²) in [6.45, 7) is 4.68. The number of rotatable bonds is 3. The summed E-state index contributed by atoms with van der Waals surface area (Å²) in [5, 5.41) is 5.54. The lowest BCUT2D eigenvalue weighted by molar-refractivity contribution is 1.11. The highest BCUT2D eigenvalue weighted by Crippen LogP contribution is 2.34. The fraction of sp³-hybridized carbons (Fsp3) is 0.250. The van der Waals surface area contributed by atoms with Gasteiger partial charge in [0.1, 0.15) is 0 Å². The summed E-state index contributed by atoms with van der Waals surface area (Å²) in [5.74, 6) is 0. The number of nitrogens with zero attached hydrogens (tertiary/aromatic N) is 1. The van der Waals surface area contributed by atoms with Gasteiger partial charge in [-0.3, -0.25) is 0 Å². The Balaban J connectivity index is 2.18. The Bertz CT molecular complexity index is 560. The number of aromatic nitrogens is 1. The van der Waals surface area contributed by atoms with Crippen LogP contribution in [0.4, 0.5) is 5.69 Å². The molecule has 0 saturated carbocycles. The first-order valence-corrected chi connectivity index (χ1v) is 7.65. The van der Waals surface area contributed by atoms with Gasteiger partial charge in [-0.25, -0.2) is 4.98 Å². The van der Waals surface area contributed by atoms with Crippen LogP contribution in [0.25, 0.3) is 0 Å². The maximum atomic E-state index is 6.16. The van der Waals surface area contributed by atoms with E-state index in [2.05, 4.69) is 26.2 Å². The molecule has 2 rings (SSSR count). The first kappa shape index (κ1) is 14.1. The van der Waals surface area contributed by atoms with Crippen LogP contribution in [-0.2, 0) is 6.54 Å². The summed E-state index contributed by atoms with van der Waals surface area (Å²) in [6, 6.07) is 3.64. The lowest BCUT2D eigenvalue weighted by atomic mass is 10.3. The highest BCUT2D eigenvalue weighted by Gasteiger charge is 2.09. The zero-order chi connectivity index (χ0) is 13.3. The first-order chi connectivity index (χ1) is 8.47. The number of anilines is 1. The Morgan fingerprint density at radius 1 is 1.28 bits per heavy atom. The molecule has 1 aromatic heterocycles. The van der Waals surface area contributed by atoms with Crippen LogP contribution in [0.15, 0.2) is 16.6 Å². The van der Waals surface area contributed by atoms with Gasteiger partial charge in [-0.05, 0) is 26.0 Å². The quantitative estimate of drug-likeness (QED) is 0.783. The molecular weight excluding hydrogens is 355 g/mol. The van der Waals surface area contributed by atoms with Crippen molar-refractivity contribution in [1.82, 2.24) is 4.98 Å². The predicted molar refractivity (Wildman–Crippen MR) is 83.1 cm³/mol. The molecule has 0 atom stereocenters. The van der Waals surface area contributed by atoms with Gasteiger partial charge in [0.15, 0.2) is 0 Å². The Kier molecular flexibility index (Phi) is 4.54. The molecule has 18 heavy (non-hydrogen) atoms. The van der Waals surface area contributed by atoms with Crippen LogP contribution in [0.2, 0.25) is 10.0 Å². The highest BCUT2D eigenvalue weighted by molar-refractivity contribution is 9.10. The Hall–Kier alpha value is -0.290. The molecule has 0 aliphatic heterocycles. The van der Waals surface area contributed by atoms with Gasteiger partial charge in [-0.1, -0.05) is 39.1 Å². The van der Waals surface area contributed by atoms with Gasteiger partial charge in [0, 0.05) is 9.35 Å². The largest absolute Gasteiger partial charge is 0.378 e. The van der Waals surface area contributed by atoms with E-state index in [1.165, 1.54) is 4.88 Å². The van der Waals surface area contributed by atoms with Crippen LogP contribution >= 0.6 is 50.5 Å². The van der Waals surface area contributed by atoms with E-state index < -0.39 is 0 Å². The number of halogens is 3. The summed E-state index contributed by atoms with van der Waals surface area (Å²) < 4.78 is 0.868. The zero-order valence-corrected chi connectivity index (χ0v) is 13.8. The predicted octanol–water partition coefficient (Wildman–Crippen LogP) is 5.44. The molecule has 0 amide bonds. The van der Waals surface area contributed by atoms with Crippen molar-refractivity contribution in [1.29, 1.82) is 0 Å². The minimum atomic E-state index is 0.605. The first-order valence-electron chi connectivity index (χ1n) is 5.28. The lowest BCUT2D eigenvalue weighted by Gasteiger charge is -2.10. The molecule has 2 nitrogen and oxygen atoms in total. The van der Waals surface area contributed by atoms with Crippen molar-refractivity contribution in [3.05, 3.63) is 42.2 Å². The molecule has 1 heterocycles. The number of thiazole rings is 1. The monoisotopic (exact) mass is 364 g/mol. The van der Waals surface area contributed by atoms with E-state index in [0.29, 0.717) is 16.6 Å². The van der Waals surface area contributed by atoms with E-state index in [9.17, 15) is 0 Å². The van der Waals surface area contributed by atoms with Gasteiger partial charge in [0.05, 0.1) is 33.0 Å². The smallest absolute Gasteiger partial charge is 0.0900 e. The third kappa shape index (κ3) is 3.18. The van der Waals surface area contributed by atoms with Crippen LogP contribution in [0.1, 0.15) is 15.6 Å². The van der Waals surface area contributed by atoms with Gasteiger partial charge in [0.25, 0.3) is 0 Å². The number of hydrogen-bond donors (Lipinski definition) is 1. The van der Waals surface area contributed by atoms with Crippen molar-refractivity contribution in [2.24, 2.45) is 0 Å². The molecule has 0 radical (unpaired) electrons. The molecule has 6 heteroatoms. The number of benzene rings is 1. The SMILES string of the molecule is Cc1nc(C)c(CNc2c(Cl)cc(Br)cc2Cl)s1. The van der Waals surface area contributed by atoms with Gasteiger partial charge in [-0.2, -0.15) is 0 Å². The van der Waals surface area contributed by atoms with E-state index in [1.807, 2.05) is 26.0 Å². The lowest BCUT2D eigenvalue weighted by Crippen LogP contribution is -2.00. The molecule has 0 saturated heterocycles. The van der Waals surface area contributed by atoms with Crippen molar-refractivity contribution in [2.45, 2.75) is 20.4 Å². The Labute approximate surface area is 128 Å². The second kappa shape index (κ2) is 5.78. The van der Waals surface area contributed by atoms with Crippen molar-refractivity contribution >= 4 is 56.2 Å². The van der Waals surface area contributed by atoms with Crippen LogP contribution in [-0.4, -0.2) is 4.98 Å². The molecule has 0 aliphatic carbocycles. The molecule has 0 bridgehead atoms. The van der Waals surface area contributed by atoms with Crippen LogP contribution in [0.3, 0.4) is 0 Å². The van der Waals surface area contributed by atoms with Gasteiger partial charge in [0.2, 0.25) is 0 Å². The maximum Gasteiger partial charge on any atom is 0.0900 e. The number of nitrogens with one attached hydrogen (secondary N) is 1. The summed E-state index contributed by atoms with van der Waals surface area (Å²) in [7, 11) is 0. The van der Waals surface area contributed by atoms with Gasteiger partial charge < -0.3 is 5.32 Å². The number of hydrogen-bond acceptors (Lipinski definition) is 3. The molecule has 1 N–H and O–H groups in total. The third-order valence-corrected chi connectivity index (χ3v) is 4.56. The fourth-order valence-electron chi connectivity index (χ4n) is 1.62. The van der Waals surface area contributed by atoms with Crippen molar-refractivity contribution in [3.63, 3.8) is 0 Å². The van der Waals surface area contributed by atoms with Crippen molar-refractivity contribution < 1.29 is 0 Å². The van der Waals surface area contributed by atoms with Crippen molar-refractivity contribution in [2.75, 3.05) is 5.32 Å². The van der Waals surface area contributed by atoms with E-state index in [-0.39, 0.29) is 0 Å². The topological polar surface area (TPSA) is 24.9 Å². The summed E-state index contributed by atoms with van der Waals surface area (Å²) in [4.78, 5) is 5.58. The molecule has 0 unspecified atom stereocenters. The highest BCUT2D eigenvalue weighted by atomic mass is 79.9. The molecule has 1 aromatic carbocycles. The minimum absolute atomic E-state index is 0.605. The van der Waals surface area contributed by atoms with E-state index in [0.717, 1.165) is 20.9 Å². The summed E-state index contributed by atoms with van der Waals surface area (Å²) >= 11 is 17.3. The van der Waals surface area contributed by atoms with E-state index in [1.54, 1.807) is 11.3 Å². The number of aryl methyl sites for hydroxylation is 2. The second-order valence-electron chi connectivity index (χ2n) is 3.84. The van der Waals surface area contributed by atoms with E-state index >= 15 is 0 Å². The van der Waals surface area contributed by atoms with Crippen LogP contribution in [0.5, 0.6) is 0 Å².